The lowest BCUT2D eigenvalue weighted by atomic mass is 9.90. The minimum atomic E-state index is -0.511. The molecule has 0 spiro atoms. The van der Waals surface area contributed by atoms with Crippen LogP contribution in [0.25, 0.3) is 0 Å². The van der Waals surface area contributed by atoms with Crippen LogP contribution < -0.4 is 14.8 Å². The summed E-state index contributed by atoms with van der Waals surface area (Å²) in [6.07, 6.45) is 2.57. The standard InChI is InChI=1S/C20H22N2O4S/c1-25-15-10-12-7-8-22(20(24)19(23)21-13-5-6-13)18(17-4-3-9-27-17)14(12)11-16(15)26-2/h3-4,9-11,13,18H,5-8H2,1-2H3,(H,21,23)/t18-/m1/s1. The van der Waals surface area contributed by atoms with Gasteiger partial charge in [0.15, 0.2) is 11.5 Å². The van der Waals surface area contributed by atoms with E-state index in [2.05, 4.69) is 5.32 Å². The zero-order valence-electron chi connectivity index (χ0n) is 15.4. The van der Waals surface area contributed by atoms with Gasteiger partial charge in [-0.05, 0) is 54.0 Å². The minimum Gasteiger partial charge on any atom is -0.493 e. The zero-order chi connectivity index (χ0) is 19.0. The van der Waals surface area contributed by atoms with Crippen LogP contribution in [-0.2, 0) is 16.0 Å². The van der Waals surface area contributed by atoms with Gasteiger partial charge in [0.25, 0.3) is 0 Å². The second-order valence-electron chi connectivity index (χ2n) is 6.82. The molecule has 1 N–H and O–H groups in total. The van der Waals surface area contributed by atoms with Crippen LogP contribution in [0.4, 0.5) is 0 Å². The molecule has 0 saturated heterocycles. The first kappa shape index (κ1) is 17.9. The SMILES string of the molecule is COc1cc2c(cc1OC)[C@H](c1cccs1)N(C(=O)C(=O)NC1CC1)CC2. The van der Waals surface area contributed by atoms with Gasteiger partial charge in [0, 0.05) is 17.5 Å². The van der Waals surface area contributed by atoms with Crippen LogP contribution in [0.5, 0.6) is 11.5 Å². The normalized spacial score (nSPS) is 18.6. The summed E-state index contributed by atoms with van der Waals surface area (Å²) >= 11 is 1.58. The maximum Gasteiger partial charge on any atom is 0.312 e. The molecule has 1 aliphatic carbocycles. The molecule has 0 unspecified atom stereocenters. The van der Waals surface area contributed by atoms with Crippen molar-refractivity contribution in [1.82, 2.24) is 10.2 Å². The molecule has 2 aromatic rings. The molecule has 2 heterocycles. The summed E-state index contributed by atoms with van der Waals surface area (Å²) in [6.45, 7) is 0.488. The summed E-state index contributed by atoms with van der Waals surface area (Å²) in [5.74, 6) is 0.311. The molecule has 1 aromatic heterocycles. The Labute approximate surface area is 162 Å². The fraction of sp³-hybridized carbons (Fsp3) is 0.400. The molecule has 27 heavy (non-hydrogen) atoms. The molecule has 1 atom stereocenters. The number of carbonyl (C=O) groups is 2. The van der Waals surface area contributed by atoms with Crippen molar-refractivity contribution in [3.05, 3.63) is 45.6 Å². The van der Waals surface area contributed by atoms with Crippen LogP contribution in [0.15, 0.2) is 29.6 Å². The number of benzene rings is 1. The van der Waals surface area contributed by atoms with Crippen LogP contribution in [0.3, 0.4) is 0 Å². The number of carbonyl (C=O) groups excluding carboxylic acids is 2. The van der Waals surface area contributed by atoms with Crippen LogP contribution in [0, 0.1) is 0 Å². The van der Waals surface area contributed by atoms with Crippen molar-refractivity contribution in [3.8, 4) is 11.5 Å². The highest BCUT2D eigenvalue weighted by molar-refractivity contribution is 7.10. The molecule has 142 valence electrons. The molecule has 1 aromatic carbocycles. The van der Waals surface area contributed by atoms with Gasteiger partial charge in [-0.25, -0.2) is 0 Å². The number of methoxy groups -OCH3 is 2. The molecule has 2 aliphatic rings. The Hall–Kier alpha value is -2.54. The maximum absolute atomic E-state index is 12.9. The molecule has 0 radical (unpaired) electrons. The highest BCUT2D eigenvalue weighted by atomic mass is 32.1. The van der Waals surface area contributed by atoms with Gasteiger partial charge >= 0.3 is 11.8 Å². The smallest absolute Gasteiger partial charge is 0.312 e. The number of nitrogens with one attached hydrogen (secondary N) is 1. The van der Waals surface area contributed by atoms with Gasteiger partial charge < -0.3 is 19.7 Å². The largest absolute Gasteiger partial charge is 0.493 e. The van der Waals surface area contributed by atoms with Crippen LogP contribution in [-0.4, -0.2) is 43.5 Å². The first-order chi connectivity index (χ1) is 13.1. The predicted molar refractivity (Wildman–Crippen MR) is 102 cm³/mol. The predicted octanol–water partition coefficient (Wildman–Crippen LogP) is 2.52. The Kier molecular flexibility index (Phi) is 4.78. The third-order valence-electron chi connectivity index (χ3n) is 5.05. The van der Waals surface area contributed by atoms with Gasteiger partial charge in [-0.3, -0.25) is 9.59 Å². The van der Waals surface area contributed by atoms with Crippen molar-refractivity contribution < 1.29 is 19.1 Å². The van der Waals surface area contributed by atoms with E-state index in [1.165, 1.54) is 0 Å². The summed E-state index contributed by atoms with van der Waals surface area (Å²) < 4.78 is 10.9. The molecule has 2 amide bonds. The fourth-order valence-electron chi connectivity index (χ4n) is 3.52. The summed E-state index contributed by atoms with van der Waals surface area (Å²) in [5, 5.41) is 4.79. The van der Waals surface area contributed by atoms with E-state index in [-0.39, 0.29) is 12.1 Å². The molecule has 1 aliphatic heterocycles. The van der Waals surface area contributed by atoms with E-state index >= 15 is 0 Å². The molecule has 1 fully saturated rings. The zero-order valence-corrected chi connectivity index (χ0v) is 16.2. The molecule has 0 bridgehead atoms. The lowest BCUT2D eigenvalue weighted by Gasteiger charge is -2.37. The number of ether oxygens (including phenoxy) is 2. The third-order valence-corrected chi connectivity index (χ3v) is 5.98. The first-order valence-electron chi connectivity index (χ1n) is 9.02. The number of hydrogen-bond donors (Lipinski definition) is 1. The van der Waals surface area contributed by atoms with Gasteiger partial charge in [-0.15, -0.1) is 11.3 Å². The topological polar surface area (TPSA) is 67.9 Å². The highest BCUT2D eigenvalue weighted by Gasteiger charge is 2.37. The molecule has 7 heteroatoms. The number of thiophene rings is 1. The second-order valence-corrected chi connectivity index (χ2v) is 7.80. The Bertz CT molecular complexity index is 861. The van der Waals surface area contributed by atoms with Crippen molar-refractivity contribution in [2.45, 2.75) is 31.3 Å². The van der Waals surface area contributed by atoms with Crippen molar-refractivity contribution in [2.24, 2.45) is 0 Å². The van der Waals surface area contributed by atoms with Crippen molar-refractivity contribution >= 4 is 23.2 Å². The number of hydrogen-bond acceptors (Lipinski definition) is 5. The van der Waals surface area contributed by atoms with E-state index in [1.807, 2.05) is 29.6 Å². The first-order valence-corrected chi connectivity index (χ1v) is 9.90. The van der Waals surface area contributed by atoms with Gasteiger partial charge in [-0.2, -0.15) is 0 Å². The molecular weight excluding hydrogens is 364 g/mol. The number of amides is 2. The average Bonchev–Trinajstić information content (AvgIpc) is 3.34. The highest BCUT2D eigenvalue weighted by Crippen LogP contribution is 2.42. The van der Waals surface area contributed by atoms with Crippen LogP contribution in [0.2, 0.25) is 0 Å². The van der Waals surface area contributed by atoms with Crippen molar-refractivity contribution in [1.29, 1.82) is 0 Å². The Morgan fingerprint density at radius 2 is 1.93 bits per heavy atom. The van der Waals surface area contributed by atoms with Gasteiger partial charge in [0.05, 0.1) is 20.3 Å². The molecule has 6 nitrogen and oxygen atoms in total. The van der Waals surface area contributed by atoms with E-state index in [4.69, 9.17) is 9.47 Å². The van der Waals surface area contributed by atoms with Gasteiger partial charge in [0.1, 0.15) is 0 Å². The maximum atomic E-state index is 12.9. The molecule has 1 saturated carbocycles. The van der Waals surface area contributed by atoms with E-state index < -0.39 is 11.8 Å². The van der Waals surface area contributed by atoms with E-state index in [1.54, 1.807) is 30.5 Å². The van der Waals surface area contributed by atoms with Gasteiger partial charge in [-0.1, -0.05) is 6.07 Å². The molecular formula is C20H22N2O4S. The lowest BCUT2D eigenvalue weighted by molar-refractivity contribution is -0.147. The number of rotatable bonds is 4. The van der Waals surface area contributed by atoms with Crippen LogP contribution >= 0.6 is 11.3 Å². The fourth-order valence-corrected chi connectivity index (χ4v) is 4.38. The van der Waals surface area contributed by atoms with E-state index in [0.717, 1.165) is 28.8 Å². The van der Waals surface area contributed by atoms with Crippen LogP contribution in [0.1, 0.15) is 34.9 Å². The minimum absolute atomic E-state index is 0.156. The summed E-state index contributed by atoms with van der Waals surface area (Å²) in [4.78, 5) is 28.0. The molecule has 4 rings (SSSR count). The summed E-state index contributed by atoms with van der Waals surface area (Å²) in [7, 11) is 3.21. The van der Waals surface area contributed by atoms with E-state index in [0.29, 0.717) is 24.5 Å². The van der Waals surface area contributed by atoms with Crippen molar-refractivity contribution in [3.63, 3.8) is 0 Å². The monoisotopic (exact) mass is 386 g/mol. The van der Waals surface area contributed by atoms with Crippen molar-refractivity contribution in [2.75, 3.05) is 20.8 Å². The van der Waals surface area contributed by atoms with Gasteiger partial charge in [0.2, 0.25) is 0 Å². The number of nitrogens with zero attached hydrogens (tertiary/aromatic N) is 1. The Morgan fingerprint density at radius 3 is 2.56 bits per heavy atom. The summed E-state index contributed by atoms with van der Waals surface area (Å²) in [5.41, 5.74) is 2.09. The quantitative estimate of drug-likeness (QED) is 0.820. The third kappa shape index (κ3) is 3.39. The Balaban J connectivity index is 1.73. The summed E-state index contributed by atoms with van der Waals surface area (Å²) in [6, 6.07) is 7.72. The Morgan fingerprint density at radius 1 is 1.19 bits per heavy atom. The average molecular weight is 386 g/mol. The number of fused-ring (bicyclic) bond motifs is 1. The van der Waals surface area contributed by atoms with E-state index in [9.17, 15) is 9.59 Å². The second kappa shape index (κ2) is 7.23. The lowest BCUT2D eigenvalue weighted by Crippen LogP contribution is -2.48.